The van der Waals surface area contributed by atoms with Crippen molar-refractivity contribution < 1.29 is 0 Å². The summed E-state index contributed by atoms with van der Waals surface area (Å²) in [5.41, 5.74) is 7.84. The van der Waals surface area contributed by atoms with Gasteiger partial charge in [-0.2, -0.15) is 0 Å². The first-order valence-electron chi connectivity index (χ1n) is 14.3. The van der Waals surface area contributed by atoms with Crippen LogP contribution in [-0.2, 0) is 13.0 Å². The minimum atomic E-state index is 0.750. The molecule has 0 radical (unpaired) electrons. The van der Waals surface area contributed by atoms with Crippen LogP contribution >= 0.6 is 0 Å². The molecule has 1 aliphatic heterocycles. The molecule has 188 valence electrons. The second-order valence-electron chi connectivity index (χ2n) is 11.7. The van der Waals surface area contributed by atoms with E-state index in [1.165, 1.54) is 111 Å². The highest BCUT2D eigenvalue weighted by atomic mass is 15.1. The Hall–Kier alpha value is -2.13. The van der Waals surface area contributed by atoms with Crippen molar-refractivity contribution in [3.63, 3.8) is 0 Å². The van der Waals surface area contributed by atoms with Gasteiger partial charge in [-0.15, -0.1) is 0 Å². The molecule has 0 N–H and O–H groups in total. The van der Waals surface area contributed by atoms with Crippen LogP contribution in [0.15, 0.2) is 36.4 Å². The number of fused-ring (bicyclic) bond motifs is 1. The maximum atomic E-state index is 5.19. The standard InChI is InChI=1S/C32H45N3/c1-24-11-13-29(14-12-24)23-35-31-21-26(3)25(2)20-30(31)33-32(35)22-28-15-18-34(19-16-28)17-7-10-27-8-5-4-6-9-27/h11-14,20-21,27-28H,4-10,15-19,22-23H2,1-3H3. The predicted octanol–water partition coefficient (Wildman–Crippen LogP) is 7.62. The Morgan fingerprint density at radius 1 is 0.829 bits per heavy atom. The van der Waals surface area contributed by atoms with Gasteiger partial charge in [-0.05, 0) is 107 Å². The first-order valence-corrected chi connectivity index (χ1v) is 14.3. The van der Waals surface area contributed by atoms with Crippen LogP contribution in [-0.4, -0.2) is 34.1 Å². The Labute approximate surface area is 212 Å². The number of hydrogen-bond acceptors (Lipinski definition) is 2. The van der Waals surface area contributed by atoms with Crippen molar-refractivity contribution in [2.45, 2.75) is 91.5 Å². The second kappa shape index (κ2) is 11.3. The lowest BCUT2D eigenvalue weighted by Crippen LogP contribution is -2.35. The molecule has 2 aromatic carbocycles. The van der Waals surface area contributed by atoms with Crippen molar-refractivity contribution >= 4 is 11.0 Å². The number of rotatable bonds is 8. The van der Waals surface area contributed by atoms with Crippen LogP contribution < -0.4 is 0 Å². The molecule has 0 spiro atoms. The van der Waals surface area contributed by atoms with Gasteiger partial charge in [-0.1, -0.05) is 61.9 Å². The average molecular weight is 472 g/mol. The fraction of sp³-hybridized carbons (Fsp3) is 0.594. The molecule has 3 aromatic rings. The van der Waals surface area contributed by atoms with Crippen LogP contribution in [0.3, 0.4) is 0 Å². The highest BCUT2D eigenvalue weighted by molar-refractivity contribution is 5.78. The molecule has 35 heavy (non-hydrogen) atoms. The molecule has 2 aliphatic rings. The molecule has 0 amide bonds. The first kappa shape index (κ1) is 24.6. The van der Waals surface area contributed by atoms with E-state index in [4.69, 9.17) is 4.98 Å². The van der Waals surface area contributed by atoms with Crippen molar-refractivity contribution in [2.75, 3.05) is 19.6 Å². The van der Waals surface area contributed by atoms with Crippen LogP contribution in [0.2, 0.25) is 0 Å². The number of aryl methyl sites for hydroxylation is 3. The fourth-order valence-electron chi connectivity index (χ4n) is 6.39. The number of likely N-dealkylation sites (tertiary alicyclic amines) is 1. The summed E-state index contributed by atoms with van der Waals surface area (Å²) in [6.07, 6.45) is 14.0. The molecule has 1 saturated heterocycles. The van der Waals surface area contributed by atoms with E-state index >= 15 is 0 Å². The van der Waals surface area contributed by atoms with E-state index in [2.05, 4.69) is 66.6 Å². The largest absolute Gasteiger partial charge is 0.323 e. The van der Waals surface area contributed by atoms with E-state index < -0.39 is 0 Å². The monoisotopic (exact) mass is 471 g/mol. The lowest BCUT2D eigenvalue weighted by molar-refractivity contribution is 0.174. The van der Waals surface area contributed by atoms with Gasteiger partial charge < -0.3 is 9.47 Å². The molecule has 1 saturated carbocycles. The first-order chi connectivity index (χ1) is 17.0. The fourth-order valence-corrected chi connectivity index (χ4v) is 6.39. The van der Waals surface area contributed by atoms with Gasteiger partial charge in [0.05, 0.1) is 11.0 Å². The third-order valence-corrected chi connectivity index (χ3v) is 8.89. The Balaban J connectivity index is 1.22. The smallest absolute Gasteiger partial charge is 0.110 e. The van der Waals surface area contributed by atoms with Crippen LogP contribution in [0, 0.1) is 32.6 Å². The Kier molecular flexibility index (Phi) is 7.92. The SMILES string of the molecule is Cc1ccc(Cn2c(CC3CCN(CCCC4CCCCC4)CC3)nc3cc(C)c(C)cc32)cc1. The van der Waals surface area contributed by atoms with E-state index in [1.54, 1.807) is 0 Å². The van der Waals surface area contributed by atoms with Gasteiger partial charge in [0.25, 0.3) is 0 Å². The number of piperidine rings is 1. The maximum Gasteiger partial charge on any atom is 0.110 e. The third kappa shape index (κ3) is 6.17. The number of imidazole rings is 1. The van der Waals surface area contributed by atoms with E-state index in [0.717, 1.165) is 30.3 Å². The van der Waals surface area contributed by atoms with Gasteiger partial charge in [-0.25, -0.2) is 4.98 Å². The summed E-state index contributed by atoms with van der Waals surface area (Å²) in [5.74, 6) is 3.05. The quantitative estimate of drug-likeness (QED) is 0.337. The Morgan fingerprint density at radius 2 is 1.54 bits per heavy atom. The van der Waals surface area contributed by atoms with Gasteiger partial charge in [0, 0.05) is 13.0 Å². The Bertz CT molecular complexity index is 1100. The van der Waals surface area contributed by atoms with Crippen LogP contribution in [0.25, 0.3) is 11.0 Å². The molecule has 3 nitrogen and oxygen atoms in total. The van der Waals surface area contributed by atoms with Gasteiger partial charge in [0.1, 0.15) is 5.82 Å². The summed E-state index contributed by atoms with van der Waals surface area (Å²) >= 11 is 0. The lowest BCUT2D eigenvalue weighted by Gasteiger charge is -2.32. The average Bonchev–Trinajstić information content (AvgIpc) is 3.18. The van der Waals surface area contributed by atoms with Crippen molar-refractivity contribution in [1.82, 2.24) is 14.5 Å². The lowest BCUT2D eigenvalue weighted by atomic mass is 9.86. The maximum absolute atomic E-state index is 5.19. The summed E-state index contributed by atoms with van der Waals surface area (Å²) in [4.78, 5) is 7.93. The summed E-state index contributed by atoms with van der Waals surface area (Å²) in [6.45, 7) is 11.4. The van der Waals surface area contributed by atoms with Gasteiger partial charge in [0.2, 0.25) is 0 Å². The zero-order valence-electron chi connectivity index (χ0n) is 22.4. The molecule has 0 atom stereocenters. The topological polar surface area (TPSA) is 21.1 Å². The number of nitrogens with zero attached hydrogens (tertiary/aromatic N) is 3. The molecule has 2 heterocycles. The normalized spacial score (nSPS) is 18.5. The summed E-state index contributed by atoms with van der Waals surface area (Å²) in [5, 5.41) is 0. The summed E-state index contributed by atoms with van der Waals surface area (Å²) in [6, 6.07) is 13.6. The second-order valence-corrected chi connectivity index (χ2v) is 11.7. The van der Waals surface area contributed by atoms with Crippen LogP contribution in [0.1, 0.15) is 85.9 Å². The number of benzene rings is 2. The number of hydrogen-bond donors (Lipinski definition) is 0. The minimum Gasteiger partial charge on any atom is -0.323 e. The zero-order chi connectivity index (χ0) is 24.2. The third-order valence-electron chi connectivity index (χ3n) is 8.89. The minimum absolute atomic E-state index is 0.750. The molecule has 0 unspecified atom stereocenters. The molecule has 3 heteroatoms. The molecular weight excluding hydrogens is 426 g/mol. The van der Waals surface area contributed by atoms with E-state index in [0.29, 0.717) is 0 Å². The number of aromatic nitrogens is 2. The predicted molar refractivity (Wildman–Crippen MR) is 148 cm³/mol. The Morgan fingerprint density at radius 3 is 2.29 bits per heavy atom. The molecule has 1 aromatic heterocycles. The van der Waals surface area contributed by atoms with Crippen molar-refractivity contribution in [1.29, 1.82) is 0 Å². The van der Waals surface area contributed by atoms with Gasteiger partial charge in [-0.3, -0.25) is 0 Å². The van der Waals surface area contributed by atoms with Crippen LogP contribution in [0.5, 0.6) is 0 Å². The summed E-state index contributed by atoms with van der Waals surface area (Å²) in [7, 11) is 0. The molecule has 2 fully saturated rings. The molecular formula is C32H45N3. The molecule has 1 aliphatic carbocycles. The molecule has 5 rings (SSSR count). The zero-order valence-corrected chi connectivity index (χ0v) is 22.4. The van der Waals surface area contributed by atoms with E-state index in [-0.39, 0.29) is 0 Å². The highest BCUT2D eigenvalue weighted by Crippen LogP contribution is 2.29. The van der Waals surface area contributed by atoms with E-state index in [9.17, 15) is 0 Å². The van der Waals surface area contributed by atoms with Crippen molar-refractivity contribution in [3.05, 3.63) is 64.5 Å². The van der Waals surface area contributed by atoms with Crippen molar-refractivity contribution in [3.8, 4) is 0 Å². The highest BCUT2D eigenvalue weighted by Gasteiger charge is 2.23. The van der Waals surface area contributed by atoms with Crippen molar-refractivity contribution in [2.24, 2.45) is 11.8 Å². The van der Waals surface area contributed by atoms with Gasteiger partial charge >= 0.3 is 0 Å². The van der Waals surface area contributed by atoms with Crippen LogP contribution in [0.4, 0.5) is 0 Å². The van der Waals surface area contributed by atoms with E-state index in [1.807, 2.05) is 0 Å². The van der Waals surface area contributed by atoms with Gasteiger partial charge in [0.15, 0.2) is 0 Å². The summed E-state index contributed by atoms with van der Waals surface area (Å²) < 4.78 is 2.50. The molecule has 0 bridgehead atoms.